The molecular weight excluding hydrogens is 411 g/mol. The van der Waals surface area contributed by atoms with Gasteiger partial charge in [0.1, 0.15) is 11.4 Å². The summed E-state index contributed by atoms with van der Waals surface area (Å²) in [5.41, 5.74) is -0.488. The van der Waals surface area contributed by atoms with Crippen LogP contribution in [-0.4, -0.2) is 78.4 Å². The predicted octanol–water partition coefficient (Wildman–Crippen LogP) is 1.87. The number of carbonyl (C=O) groups is 3. The van der Waals surface area contributed by atoms with Crippen molar-refractivity contribution in [3.05, 3.63) is 35.6 Å². The van der Waals surface area contributed by atoms with E-state index in [4.69, 9.17) is 0 Å². The summed E-state index contributed by atoms with van der Waals surface area (Å²) in [6.45, 7) is 3.64. The molecule has 2 heterocycles. The van der Waals surface area contributed by atoms with E-state index in [1.165, 1.54) is 17.0 Å². The van der Waals surface area contributed by atoms with Gasteiger partial charge in [0.25, 0.3) is 11.8 Å². The first-order chi connectivity index (χ1) is 15.3. The molecule has 0 unspecified atom stereocenters. The van der Waals surface area contributed by atoms with Crippen molar-refractivity contribution in [2.45, 2.75) is 38.1 Å². The Morgan fingerprint density at radius 1 is 1.28 bits per heavy atom. The number of imide groups is 1. The Balaban J connectivity index is 1.84. The van der Waals surface area contributed by atoms with Crippen LogP contribution in [0.2, 0.25) is 0 Å². The van der Waals surface area contributed by atoms with Gasteiger partial charge in [0.05, 0.1) is 0 Å². The van der Waals surface area contributed by atoms with Crippen molar-refractivity contribution >= 4 is 17.8 Å². The summed E-state index contributed by atoms with van der Waals surface area (Å²) in [5.74, 6) is 4.15. The molecule has 1 aromatic carbocycles. The minimum absolute atomic E-state index is 0.167. The Morgan fingerprint density at radius 3 is 2.62 bits per heavy atom. The lowest BCUT2D eigenvalue weighted by atomic mass is 9.74. The quantitative estimate of drug-likeness (QED) is 0.517. The number of hydrogen-bond donors (Lipinski definition) is 1. The van der Waals surface area contributed by atoms with Gasteiger partial charge in [-0.15, -0.1) is 0 Å². The molecule has 32 heavy (non-hydrogen) atoms. The lowest BCUT2D eigenvalue weighted by Crippen LogP contribution is -2.58. The fourth-order valence-corrected chi connectivity index (χ4v) is 4.66. The molecule has 0 bridgehead atoms. The highest BCUT2D eigenvalue weighted by atomic mass is 19.1. The third kappa shape index (κ3) is 5.10. The highest BCUT2D eigenvalue weighted by molar-refractivity contribution is 6.07. The Kier molecular flexibility index (Phi) is 7.52. The maximum Gasteiger partial charge on any atom is 0.325 e. The Morgan fingerprint density at radius 2 is 2.00 bits per heavy atom. The largest absolute Gasteiger partial charge is 0.332 e. The van der Waals surface area contributed by atoms with E-state index in [1.807, 2.05) is 19.0 Å². The zero-order chi connectivity index (χ0) is 23.3. The van der Waals surface area contributed by atoms with Crippen LogP contribution in [0.15, 0.2) is 24.3 Å². The number of urea groups is 1. The molecule has 0 radical (unpaired) electrons. The summed E-state index contributed by atoms with van der Waals surface area (Å²) >= 11 is 0. The van der Waals surface area contributed by atoms with E-state index >= 15 is 0 Å². The van der Waals surface area contributed by atoms with Crippen molar-refractivity contribution in [2.75, 3.05) is 40.3 Å². The molecule has 172 valence electrons. The zero-order valence-corrected chi connectivity index (χ0v) is 19.0. The summed E-state index contributed by atoms with van der Waals surface area (Å²) < 4.78 is 13.9. The third-order valence-electron chi connectivity index (χ3n) is 6.27. The average Bonchev–Trinajstić information content (AvgIpc) is 2.98. The van der Waals surface area contributed by atoms with E-state index in [0.717, 1.165) is 6.54 Å². The van der Waals surface area contributed by atoms with Gasteiger partial charge in [0.2, 0.25) is 0 Å². The van der Waals surface area contributed by atoms with Crippen LogP contribution in [0.25, 0.3) is 0 Å². The van der Waals surface area contributed by atoms with Gasteiger partial charge < -0.3 is 15.1 Å². The van der Waals surface area contributed by atoms with Gasteiger partial charge in [0, 0.05) is 26.1 Å². The first-order valence-electron chi connectivity index (χ1n) is 11.0. The second-order valence-electron chi connectivity index (χ2n) is 8.76. The number of hydrogen-bond acceptors (Lipinski definition) is 4. The Bertz CT molecular complexity index is 931. The molecule has 2 aliphatic rings. The Labute approximate surface area is 188 Å². The minimum atomic E-state index is -1.14. The van der Waals surface area contributed by atoms with E-state index in [9.17, 15) is 18.8 Å². The second-order valence-corrected chi connectivity index (χ2v) is 8.76. The van der Waals surface area contributed by atoms with Crippen LogP contribution in [0.3, 0.4) is 0 Å². The number of nitrogens with zero attached hydrogens (tertiary/aromatic N) is 3. The van der Waals surface area contributed by atoms with Gasteiger partial charge in [-0.05, 0) is 76.4 Å². The fraction of sp³-hybridized carbons (Fsp3) is 0.542. The molecule has 0 aromatic heterocycles. The van der Waals surface area contributed by atoms with Crippen molar-refractivity contribution in [1.82, 2.24) is 20.0 Å². The number of carbonyl (C=O) groups excluding carboxylic acids is 3. The second kappa shape index (κ2) is 10.1. The highest BCUT2D eigenvalue weighted by Gasteiger charge is 2.55. The predicted molar refractivity (Wildman–Crippen MR) is 119 cm³/mol. The molecule has 0 spiro atoms. The normalized spacial score (nSPS) is 21.5. The monoisotopic (exact) mass is 442 g/mol. The molecule has 2 saturated heterocycles. The summed E-state index contributed by atoms with van der Waals surface area (Å²) in [6.07, 6.45) is 2.01. The van der Waals surface area contributed by atoms with Gasteiger partial charge in [-0.3, -0.25) is 14.5 Å². The van der Waals surface area contributed by atoms with Gasteiger partial charge in [-0.1, -0.05) is 18.1 Å². The van der Waals surface area contributed by atoms with E-state index in [-0.39, 0.29) is 30.0 Å². The lowest BCUT2D eigenvalue weighted by molar-refractivity contribution is -0.134. The number of likely N-dealkylation sites (tertiary alicyclic amines) is 1. The highest BCUT2D eigenvalue weighted by Crippen LogP contribution is 2.36. The summed E-state index contributed by atoms with van der Waals surface area (Å²) in [5, 5.41) is 2.98. The molecule has 1 aromatic rings. The summed E-state index contributed by atoms with van der Waals surface area (Å²) in [6, 6.07) is 5.75. The molecule has 1 atom stereocenters. The van der Waals surface area contributed by atoms with Crippen LogP contribution < -0.4 is 5.32 Å². The molecule has 2 aliphatic heterocycles. The van der Waals surface area contributed by atoms with E-state index in [2.05, 4.69) is 17.2 Å². The first-order valence-corrected chi connectivity index (χ1v) is 11.0. The van der Waals surface area contributed by atoms with Crippen molar-refractivity contribution in [3.63, 3.8) is 0 Å². The Hall–Kier alpha value is -2.92. The molecule has 3 rings (SSSR count). The van der Waals surface area contributed by atoms with E-state index in [1.54, 1.807) is 24.0 Å². The topological polar surface area (TPSA) is 73.0 Å². The van der Waals surface area contributed by atoms with Gasteiger partial charge in [-0.2, -0.15) is 0 Å². The van der Waals surface area contributed by atoms with Crippen molar-refractivity contribution in [3.8, 4) is 11.8 Å². The molecule has 4 amide bonds. The minimum Gasteiger partial charge on any atom is -0.332 e. The first kappa shape index (κ1) is 23.7. The van der Waals surface area contributed by atoms with Crippen LogP contribution in [-0.2, 0) is 16.0 Å². The van der Waals surface area contributed by atoms with Gasteiger partial charge in [0.15, 0.2) is 0 Å². The van der Waals surface area contributed by atoms with Gasteiger partial charge >= 0.3 is 6.03 Å². The number of rotatable bonds is 7. The van der Waals surface area contributed by atoms with Crippen LogP contribution in [0, 0.1) is 23.6 Å². The smallest absolute Gasteiger partial charge is 0.325 e. The number of benzene rings is 1. The molecule has 0 saturated carbocycles. The summed E-state index contributed by atoms with van der Waals surface area (Å²) in [7, 11) is 3.89. The van der Waals surface area contributed by atoms with Crippen molar-refractivity contribution in [2.24, 2.45) is 5.92 Å². The number of amides is 4. The van der Waals surface area contributed by atoms with Crippen LogP contribution in [0.5, 0.6) is 0 Å². The molecule has 7 nitrogen and oxygen atoms in total. The molecular formula is C24H31FN4O3. The van der Waals surface area contributed by atoms with Crippen LogP contribution in [0.1, 0.15) is 31.7 Å². The zero-order valence-electron chi connectivity index (χ0n) is 19.0. The van der Waals surface area contributed by atoms with E-state index < -0.39 is 11.6 Å². The number of nitrogens with one attached hydrogen (secondary N) is 1. The van der Waals surface area contributed by atoms with Gasteiger partial charge in [-0.25, -0.2) is 9.18 Å². The number of halogens is 1. The number of piperidine rings is 1. The summed E-state index contributed by atoms with van der Waals surface area (Å²) in [4.78, 5) is 43.6. The SMILES string of the molecule is CC#CC(=O)N1CCC([C@]2(Cc3cccc(F)c3)NC(=O)N(CCCN(C)C)C2=O)CC1. The molecule has 8 heteroatoms. The maximum absolute atomic E-state index is 13.9. The average molecular weight is 443 g/mol. The standard InChI is InChI=1S/C24H31FN4O3/c1-4-7-21(30)28-14-10-19(11-15-28)24(17-18-8-5-9-20(25)16-18)22(31)29(23(32)26-24)13-6-12-27(2)3/h5,8-9,16,19H,6,10-15,17H2,1-3H3,(H,26,32)/t24-/m0/s1. The lowest BCUT2D eigenvalue weighted by Gasteiger charge is -2.40. The molecule has 1 N–H and O–H groups in total. The van der Waals surface area contributed by atoms with Crippen molar-refractivity contribution in [1.29, 1.82) is 0 Å². The fourth-order valence-electron chi connectivity index (χ4n) is 4.66. The third-order valence-corrected chi connectivity index (χ3v) is 6.27. The van der Waals surface area contributed by atoms with Crippen LogP contribution >= 0.6 is 0 Å². The molecule has 0 aliphatic carbocycles. The van der Waals surface area contributed by atoms with Crippen LogP contribution in [0.4, 0.5) is 9.18 Å². The molecule has 2 fully saturated rings. The van der Waals surface area contributed by atoms with Crippen molar-refractivity contribution < 1.29 is 18.8 Å². The maximum atomic E-state index is 13.9. The van der Waals surface area contributed by atoms with E-state index in [0.29, 0.717) is 44.5 Å².